The molecule has 3 rings (SSSR count). The number of aromatic nitrogens is 3. The highest BCUT2D eigenvalue weighted by atomic mass is 32.2. The number of carbonyl (C=O) groups is 1. The number of carbonyl (C=O) groups excluding carboxylic acids is 1. The molecule has 0 saturated carbocycles. The Bertz CT molecular complexity index is 1070. The number of thioether (sulfide) groups is 1. The summed E-state index contributed by atoms with van der Waals surface area (Å²) < 4.78 is 5.09. The molecule has 0 amide bonds. The van der Waals surface area contributed by atoms with E-state index in [1.165, 1.54) is 6.07 Å². The van der Waals surface area contributed by atoms with E-state index in [-0.39, 0.29) is 16.3 Å². The Hall–Kier alpha value is -2.94. The molecule has 1 aromatic carbocycles. The van der Waals surface area contributed by atoms with E-state index < -0.39 is 22.7 Å². The van der Waals surface area contributed by atoms with Gasteiger partial charge in [0.15, 0.2) is 10.8 Å². The van der Waals surface area contributed by atoms with Gasteiger partial charge in [-0.1, -0.05) is 30.0 Å². The number of fused-ring (bicyclic) bond motifs is 1. The summed E-state index contributed by atoms with van der Waals surface area (Å²) in [6.07, 6.45) is 0. The second-order valence-corrected chi connectivity index (χ2v) is 5.47. The van der Waals surface area contributed by atoms with E-state index in [9.17, 15) is 19.2 Å². The molecule has 2 heterocycles. The third kappa shape index (κ3) is 3.14. The van der Waals surface area contributed by atoms with Crippen LogP contribution in [-0.2, 0) is 0 Å². The average molecular weight is 331 g/mol. The monoisotopic (exact) mass is 331 g/mol. The van der Waals surface area contributed by atoms with E-state index in [0.29, 0.717) is 11.0 Å². The van der Waals surface area contributed by atoms with Gasteiger partial charge in [0.25, 0.3) is 5.56 Å². The first-order valence-electron chi connectivity index (χ1n) is 6.42. The number of rotatable bonds is 4. The summed E-state index contributed by atoms with van der Waals surface area (Å²) in [5.41, 5.74) is -1.88. The fourth-order valence-electron chi connectivity index (χ4n) is 1.90. The lowest BCUT2D eigenvalue weighted by molar-refractivity contribution is 0.101. The maximum absolute atomic E-state index is 12.2. The fraction of sp³-hybridized carbons (Fsp3) is 0.0714. The van der Waals surface area contributed by atoms with Crippen LogP contribution >= 0.6 is 11.8 Å². The Balaban J connectivity index is 1.86. The standard InChI is InChI=1S/C14H9N3O5S/c18-9(6-23-12-11(19)15-14(21)17-16-12)8-5-7-3-1-2-4-10(7)22-13(8)20/h1-5H,6H2,(H2,15,17,19,21). The Morgan fingerprint density at radius 2 is 2.00 bits per heavy atom. The summed E-state index contributed by atoms with van der Waals surface area (Å²) >= 11 is 0.818. The predicted molar refractivity (Wildman–Crippen MR) is 83.0 cm³/mol. The van der Waals surface area contributed by atoms with E-state index in [1.807, 2.05) is 4.98 Å². The number of nitrogens with one attached hydrogen (secondary N) is 2. The van der Waals surface area contributed by atoms with Gasteiger partial charge in [-0.3, -0.25) is 14.6 Å². The van der Waals surface area contributed by atoms with Crippen molar-refractivity contribution < 1.29 is 9.21 Å². The minimum absolute atomic E-state index is 0.0665. The van der Waals surface area contributed by atoms with E-state index >= 15 is 0 Å². The predicted octanol–water partition coefficient (Wildman–Crippen LogP) is 0.540. The van der Waals surface area contributed by atoms with Crippen LogP contribution < -0.4 is 16.9 Å². The van der Waals surface area contributed by atoms with Crippen molar-refractivity contribution in [2.24, 2.45) is 0 Å². The summed E-state index contributed by atoms with van der Waals surface area (Å²) in [7, 11) is 0. The van der Waals surface area contributed by atoms with Gasteiger partial charge >= 0.3 is 11.3 Å². The van der Waals surface area contributed by atoms with Gasteiger partial charge in [-0.05, 0) is 12.1 Å². The van der Waals surface area contributed by atoms with Gasteiger partial charge < -0.3 is 4.42 Å². The molecule has 0 bridgehead atoms. The second-order valence-electron chi connectivity index (χ2n) is 4.51. The van der Waals surface area contributed by atoms with Crippen LogP contribution in [0.1, 0.15) is 10.4 Å². The third-order valence-corrected chi connectivity index (χ3v) is 3.92. The highest BCUT2D eigenvalue weighted by Crippen LogP contribution is 2.15. The molecule has 0 aliphatic rings. The van der Waals surface area contributed by atoms with Gasteiger partial charge in [-0.25, -0.2) is 14.7 Å². The smallest absolute Gasteiger partial charge is 0.347 e. The largest absolute Gasteiger partial charge is 0.422 e. The number of nitrogens with zero attached hydrogens (tertiary/aromatic N) is 1. The lowest BCUT2D eigenvalue weighted by Crippen LogP contribution is -2.25. The van der Waals surface area contributed by atoms with Gasteiger partial charge in [0.1, 0.15) is 11.1 Å². The molecule has 116 valence electrons. The molecule has 0 aliphatic heterocycles. The first-order chi connectivity index (χ1) is 11.0. The minimum atomic E-state index is -0.738. The van der Waals surface area contributed by atoms with Crippen LogP contribution in [0.5, 0.6) is 0 Å². The number of aromatic amines is 2. The number of H-pyrrole nitrogens is 2. The highest BCUT2D eigenvalue weighted by Gasteiger charge is 2.15. The zero-order valence-corrected chi connectivity index (χ0v) is 12.3. The fourth-order valence-corrected chi connectivity index (χ4v) is 2.62. The zero-order valence-electron chi connectivity index (χ0n) is 11.5. The van der Waals surface area contributed by atoms with Gasteiger partial charge in [0, 0.05) is 5.39 Å². The van der Waals surface area contributed by atoms with Crippen LogP contribution in [0.4, 0.5) is 0 Å². The van der Waals surface area contributed by atoms with Crippen molar-refractivity contribution in [3.8, 4) is 0 Å². The second kappa shape index (κ2) is 6.05. The van der Waals surface area contributed by atoms with Crippen molar-refractivity contribution >= 4 is 28.5 Å². The van der Waals surface area contributed by atoms with E-state index in [1.54, 1.807) is 24.3 Å². The summed E-state index contributed by atoms with van der Waals surface area (Å²) in [5.74, 6) is -0.687. The van der Waals surface area contributed by atoms with E-state index in [4.69, 9.17) is 4.42 Å². The third-order valence-electron chi connectivity index (χ3n) is 2.96. The van der Waals surface area contributed by atoms with Crippen molar-refractivity contribution in [3.05, 3.63) is 67.2 Å². The average Bonchev–Trinajstić information content (AvgIpc) is 2.53. The highest BCUT2D eigenvalue weighted by molar-refractivity contribution is 7.99. The SMILES string of the molecule is O=C(CSc1n[nH]c(=O)[nH]c1=O)c1cc2ccccc2oc1=O. The number of Topliss-reactive ketones (excluding diaryl/α,β-unsaturated/α-hetero) is 1. The summed E-state index contributed by atoms with van der Waals surface area (Å²) in [6, 6.07) is 8.28. The van der Waals surface area contributed by atoms with Crippen molar-refractivity contribution in [1.82, 2.24) is 15.2 Å². The van der Waals surface area contributed by atoms with Gasteiger partial charge in [0.2, 0.25) is 0 Å². The van der Waals surface area contributed by atoms with Crippen LogP contribution in [0.25, 0.3) is 11.0 Å². The van der Waals surface area contributed by atoms with Crippen molar-refractivity contribution in [1.29, 1.82) is 0 Å². The molecule has 3 aromatic rings. The Kier molecular flexibility index (Phi) is 3.94. The lowest BCUT2D eigenvalue weighted by Gasteiger charge is -2.01. The quantitative estimate of drug-likeness (QED) is 0.406. The van der Waals surface area contributed by atoms with Crippen LogP contribution in [0.15, 0.2) is 54.2 Å². The molecule has 0 radical (unpaired) electrons. The zero-order chi connectivity index (χ0) is 16.4. The lowest BCUT2D eigenvalue weighted by atomic mass is 10.1. The molecular weight excluding hydrogens is 322 g/mol. The number of hydrogen-bond donors (Lipinski definition) is 2. The molecule has 2 N–H and O–H groups in total. The summed E-state index contributed by atoms with van der Waals surface area (Å²) in [4.78, 5) is 48.4. The van der Waals surface area contributed by atoms with Crippen molar-refractivity contribution in [2.75, 3.05) is 5.75 Å². The number of benzene rings is 1. The first kappa shape index (κ1) is 15.0. The van der Waals surface area contributed by atoms with Crippen LogP contribution in [0, 0.1) is 0 Å². The molecule has 0 aliphatic carbocycles. The van der Waals surface area contributed by atoms with Crippen molar-refractivity contribution in [3.63, 3.8) is 0 Å². The molecule has 0 spiro atoms. The number of hydrogen-bond acceptors (Lipinski definition) is 7. The molecule has 0 fully saturated rings. The Morgan fingerprint density at radius 1 is 1.22 bits per heavy atom. The molecule has 0 atom stereocenters. The van der Waals surface area contributed by atoms with E-state index in [0.717, 1.165) is 11.8 Å². The molecule has 23 heavy (non-hydrogen) atoms. The molecule has 0 saturated heterocycles. The van der Waals surface area contributed by atoms with Crippen LogP contribution in [0.2, 0.25) is 0 Å². The Labute approximate surface area is 131 Å². The number of para-hydroxylation sites is 1. The van der Waals surface area contributed by atoms with Crippen molar-refractivity contribution in [2.45, 2.75) is 5.03 Å². The van der Waals surface area contributed by atoms with E-state index in [2.05, 4.69) is 10.2 Å². The maximum Gasteiger partial charge on any atom is 0.347 e. The Morgan fingerprint density at radius 3 is 2.78 bits per heavy atom. The molecule has 8 nitrogen and oxygen atoms in total. The topological polar surface area (TPSA) is 126 Å². The maximum atomic E-state index is 12.2. The number of ketones is 1. The van der Waals surface area contributed by atoms with Gasteiger partial charge in [-0.15, -0.1) is 0 Å². The molecule has 9 heteroatoms. The van der Waals surface area contributed by atoms with Gasteiger partial charge in [-0.2, -0.15) is 5.10 Å². The summed E-state index contributed by atoms with van der Waals surface area (Å²) in [5, 5.41) is 6.17. The van der Waals surface area contributed by atoms with Crippen LogP contribution in [0.3, 0.4) is 0 Å². The molecular formula is C14H9N3O5S. The first-order valence-corrected chi connectivity index (χ1v) is 7.41. The van der Waals surface area contributed by atoms with Gasteiger partial charge in [0.05, 0.1) is 5.75 Å². The summed E-state index contributed by atoms with van der Waals surface area (Å²) in [6.45, 7) is 0. The molecule has 2 aromatic heterocycles. The van der Waals surface area contributed by atoms with Crippen LogP contribution in [-0.4, -0.2) is 26.7 Å². The molecule has 0 unspecified atom stereocenters. The normalized spacial score (nSPS) is 10.8. The minimum Gasteiger partial charge on any atom is -0.422 e.